The molecule has 0 saturated carbocycles. The summed E-state index contributed by atoms with van der Waals surface area (Å²) in [5.41, 5.74) is -0.239. The molecule has 0 spiro atoms. The number of hydrogen-bond acceptors (Lipinski definition) is 4. The Morgan fingerprint density at radius 2 is 2.09 bits per heavy atom. The number of methoxy groups -OCH3 is 1. The summed E-state index contributed by atoms with van der Waals surface area (Å²) < 4.78 is 34.3. The van der Waals surface area contributed by atoms with Crippen LogP contribution < -0.4 is 14.8 Å². The summed E-state index contributed by atoms with van der Waals surface area (Å²) in [7, 11) is 1.24. The van der Waals surface area contributed by atoms with Gasteiger partial charge in [0.15, 0.2) is 11.5 Å². The first-order valence-electron chi connectivity index (χ1n) is 6.67. The molecule has 0 aliphatic heterocycles. The number of amides is 1. The second-order valence-corrected chi connectivity index (χ2v) is 4.38. The van der Waals surface area contributed by atoms with Crippen molar-refractivity contribution < 1.29 is 33.0 Å². The van der Waals surface area contributed by atoms with E-state index in [1.807, 2.05) is 0 Å². The van der Waals surface area contributed by atoms with Crippen LogP contribution in [0.2, 0.25) is 0 Å². The van der Waals surface area contributed by atoms with Crippen molar-refractivity contribution in [2.24, 2.45) is 0 Å². The number of hydrogen-bond donors (Lipinski definition) is 2. The molecule has 126 valence electrons. The average molecular weight is 329 g/mol. The molecule has 1 unspecified atom stereocenters. The number of aliphatic carboxylic acids is 1. The molecule has 0 heterocycles. The maximum absolute atomic E-state index is 12.5. The summed E-state index contributed by atoms with van der Waals surface area (Å²) in [5, 5.41) is 11.3. The van der Waals surface area contributed by atoms with E-state index in [4.69, 9.17) is 9.84 Å². The predicted octanol–water partition coefficient (Wildman–Crippen LogP) is 2.45. The van der Waals surface area contributed by atoms with Gasteiger partial charge in [0, 0.05) is 0 Å². The molecule has 0 bridgehead atoms. The van der Waals surface area contributed by atoms with Crippen molar-refractivity contribution in [1.82, 2.24) is 5.32 Å². The first-order chi connectivity index (χ1) is 10.9. The van der Waals surface area contributed by atoms with Crippen molar-refractivity contribution in [2.45, 2.75) is 26.0 Å². The number of carbonyl (C=O) groups excluding carboxylic acids is 1. The zero-order valence-corrected chi connectivity index (χ0v) is 12.6. The number of nitrogens with one attached hydrogen (secondary N) is 1. The Morgan fingerprint density at radius 1 is 1.39 bits per heavy atom. The fraction of sp³-hybridized carbons (Fsp3) is 0.333. The maximum atomic E-state index is 12.5. The molecule has 1 atom stereocenters. The van der Waals surface area contributed by atoms with E-state index >= 15 is 0 Å². The monoisotopic (exact) mass is 329 g/mol. The molecule has 1 rings (SSSR count). The van der Waals surface area contributed by atoms with Gasteiger partial charge in [-0.3, -0.25) is 4.79 Å². The van der Waals surface area contributed by atoms with E-state index in [2.05, 4.69) is 10.1 Å². The number of halogens is 2. The van der Waals surface area contributed by atoms with Crippen LogP contribution in [-0.2, 0) is 4.79 Å². The number of para-hydroxylation sites is 1. The molecule has 2 N–H and O–H groups in total. The number of carboxylic acids is 1. The fourth-order valence-electron chi connectivity index (χ4n) is 1.80. The average Bonchev–Trinajstić information content (AvgIpc) is 2.50. The van der Waals surface area contributed by atoms with Crippen molar-refractivity contribution in [1.29, 1.82) is 0 Å². The van der Waals surface area contributed by atoms with Gasteiger partial charge in [0.25, 0.3) is 5.91 Å². The molecule has 0 fully saturated rings. The number of ether oxygens (including phenoxy) is 2. The molecule has 0 radical (unpaired) electrons. The molecule has 6 nitrogen and oxygen atoms in total. The number of carbonyl (C=O) groups is 2. The lowest BCUT2D eigenvalue weighted by Crippen LogP contribution is -2.40. The van der Waals surface area contributed by atoms with Crippen LogP contribution in [0.1, 0.15) is 23.7 Å². The third-order valence-corrected chi connectivity index (χ3v) is 2.86. The number of carboxylic acid groups (broad SMARTS) is 1. The third kappa shape index (κ3) is 5.24. The number of benzene rings is 1. The summed E-state index contributed by atoms with van der Waals surface area (Å²) in [4.78, 5) is 23.3. The second-order valence-electron chi connectivity index (χ2n) is 4.38. The molecule has 0 aliphatic rings. The van der Waals surface area contributed by atoms with Crippen LogP contribution in [0.25, 0.3) is 0 Å². The first kappa shape index (κ1) is 18.4. The molecule has 0 aromatic heterocycles. The minimum atomic E-state index is -3.16. The Balaban J connectivity index is 3.08. The Kier molecular flexibility index (Phi) is 6.98. The van der Waals surface area contributed by atoms with Crippen molar-refractivity contribution in [2.75, 3.05) is 7.11 Å². The van der Waals surface area contributed by atoms with E-state index in [1.54, 1.807) is 19.1 Å². The fourth-order valence-corrected chi connectivity index (χ4v) is 1.80. The van der Waals surface area contributed by atoms with Gasteiger partial charge in [-0.15, -0.1) is 0 Å². The smallest absolute Gasteiger partial charge is 0.387 e. The molecule has 1 aromatic rings. The lowest BCUT2D eigenvalue weighted by molar-refractivity contribution is -0.139. The first-order valence-corrected chi connectivity index (χ1v) is 6.67. The molecule has 8 heteroatoms. The Bertz CT molecular complexity index is 589. The van der Waals surface area contributed by atoms with Gasteiger partial charge in [-0.2, -0.15) is 8.78 Å². The minimum Gasteiger partial charge on any atom is -0.493 e. The zero-order valence-electron chi connectivity index (χ0n) is 12.6. The van der Waals surface area contributed by atoms with E-state index in [-0.39, 0.29) is 17.7 Å². The van der Waals surface area contributed by atoms with E-state index in [9.17, 15) is 18.4 Å². The minimum absolute atomic E-state index is 0.0571. The number of rotatable bonds is 8. The molecule has 0 aliphatic carbocycles. The SMILES string of the molecule is C/C=C/CC(NC(=O)c1cccc(OC)c1OC(F)F)C(=O)O. The van der Waals surface area contributed by atoms with Crippen LogP contribution in [0.4, 0.5) is 8.78 Å². The van der Waals surface area contributed by atoms with Crippen molar-refractivity contribution >= 4 is 11.9 Å². The van der Waals surface area contributed by atoms with Crippen LogP contribution in [0, 0.1) is 0 Å². The quantitative estimate of drug-likeness (QED) is 0.716. The topological polar surface area (TPSA) is 84.9 Å². The summed E-state index contributed by atoms with van der Waals surface area (Å²) in [5.74, 6) is -2.59. The zero-order chi connectivity index (χ0) is 17.4. The van der Waals surface area contributed by atoms with Gasteiger partial charge in [-0.25, -0.2) is 4.79 Å². The van der Waals surface area contributed by atoms with E-state index < -0.39 is 30.3 Å². The van der Waals surface area contributed by atoms with E-state index in [0.29, 0.717) is 0 Å². The summed E-state index contributed by atoms with van der Waals surface area (Å²) >= 11 is 0. The summed E-state index contributed by atoms with van der Waals surface area (Å²) in [6, 6.07) is 2.81. The molecule has 1 aromatic carbocycles. The highest BCUT2D eigenvalue weighted by molar-refractivity contribution is 5.99. The third-order valence-electron chi connectivity index (χ3n) is 2.86. The summed E-state index contributed by atoms with van der Waals surface area (Å²) in [6.07, 6.45) is 3.27. The number of allylic oxidation sites excluding steroid dienone is 1. The standard InChI is InChI=1S/C15H17F2NO5/c1-3-4-7-10(14(20)21)18-13(19)9-6-5-8-11(22-2)12(9)23-15(16)17/h3-6,8,10,15H,7H2,1-2H3,(H,18,19)(H,20,21)/b4-3+. The number of alkyl halides is 2. The molecule has 23 heavy (non-hydrogen) atoms. The van der Waals surface area contributed by atoms with Gasteiger partial charge in [0.05, 0.1) is 12.7 Å². The van der Waals surface area contributed by atoms with Crippen molar-refractivity contribution in [3.8, 4) is 11.5 Å². The van der Waals surface area contributed by atoms with Gasteiger partial charge in [0.2, 0.25) is 0 Å². The van der Waals surface area contributed by atoms with Gasteiger partial charge < -0.3 is 19.9 Å². The van der Waals surface area contributed by atoms with Crippen molar-refractivity contribution in [3.63, 3.8) is 0 Å². The maximum Gasteiger partial charge on any atom is 0.387 e. The Hall–Kier alpha value is -2.64. The van der Waals surface area contributed by atoms with Crippen LogP contribution in [-0.4, -0.2) is 36.7 Å². The molecule has 0 saturated heterocycles. The molecular formula is C15H17F2NO5. The Morgan fingerprint density at radius 3 is 2.61 bits per heavy atom. The van der Waals surface area contributed by atoms with Crippen LogP contribution in [0.15, 0.2) is 30.4 Å². The highest BCUT2D eigenvalue weighted by Crippen LogP contribution is 2.32. The van der Waals surface area contributed by atoms with Crippen LogP contribution in [0.3, 0.4) is 0 Å². The van der Waals surface area contributed by atoms with Gasteiger partial charge in [0.1, 0.15) is 6.04 Å². The highest BCUT2D eigenvalue weighted by atomic mass is 19.3. The van der Waals surface area contributed by atoms with E-state index in [1.165, 1.54) is 25.3 Å². The predicted molar refractivity (Wildman–Crippen MR) is 77.9 cm³/mol. The lowest BCUT2D eigenvalue weighted by Gasteiger charge is -2.16. The largest absolute Gasteiger partial charge is 0.493 e. The van der Waals surface area contributed by atoms with Gasteiger partial charge in [-0.1, -0.05) is 18.2 Å². The normalized spacial score (nSPS) is 12.2. The molecule has 1 amide bonds. The molecular weight excluding hydrogens is 312 g/mol. The second kappa shape index (κ2) is 8.72. The van der Waals surface area contributed by atoms with Crippen LogP contribution in [0.5, 0.6) is 11.5 Å². The highest BCUT2D eigenvalue weighted by Gasteiger charge is 2.24. The Labute approximate surface area is 131 Å². The van der Waals surface area contributed by atoms with Gasteiger partial charge >= 0.3 is 12.6 Å². The van der Waals surface area contributed by atoms with Gasteiger partial charge in [-0.05, 0) is 25.5 Å². The summed E-state index contributed by atoms with van der Waals surface area (Å²) in [6.45, 7) is -1.45. The van der Waals surface area contributed by atoms with E-state index in [0.717, 1.165) is 0 Å². The van der Waals surface area contributed by atoms with Crippen molar-refractivity contribution in [3.05, 3.63) is 35.9 Å². The van der Waals surface area contributed by atoms with Crippen LogP contribution >= 0.6 is 0 Å². The lowest BCUT2D eigenvalue weighted by atomic mass is 10.1.